The molecule has 0 saturated carbocycles. The van der Waals surface area contributed by atoms with E-state index in [2.05, 4.69) is 25.1 Å². The summed E-state index contributed by atoms with van der Waals surface area (Å²) < 4.78 is 6.07. The van der Waals surface area contributed by atoms with Crippen molar-refractivity contribution >= 4 is 5.97 Å². The first-order valence-electron chi connectivity index (χ1n) is 6.36. The van der Waals surface area contributed by atoms with Crippen LogP contribution in [-0.4, -0.2) is 39.4 Å². The summed E-state index contributed by atoms with van der Waals surface area (Å²) in [5.41, 5.74) is 0.982. The number of ether oxygens (including phenoxy) is 1. The normalized spacial score (nSPS) is 12.2. The minimum atomic E-state index is -0.569. The minimum Gasteiger partial charge on any atom is -0.463 e. The molecule has 0 amide bonds. The maximum atomic E-state index is 11.4. The van der Waals surface area contributed by atoms with Gasteiger partial charge in [-0.25, -0.2) is 19.4 Å². The van der Waals surface area contributed by atoms with Gasteiger partial charge in [-0.1, -0.05) is 13.0 Å². The summed E-state index contributed by atoms with van der Waals surface area (Å²) in [7, 11) is 1.29. The smallest absolute Gasteiger partial charge is 0.377 e. The van der Waals surface area contributed by atoms with Gasteiger partial charge < -0.3 is 10.1 Å². The quantitative estimate of drug-likeness (QED) is 0.823. The summed E-state index contributed by atoms with van der Waals surface area (Å²) in [6.45, 7) is 4.93. The van der Waals surface area contributed by atoms with Crippen molar-refractivity contribution in [1.29, 1.82) is 0 Å². The molecular weight excluding hydrogens is 258 g/mol. The third kappa shape index (κ3) is 2.83. The van der Waals surface area contributed by atoms with Crippen molar-refractivity contribution in [1.82, 2.24) is 25.1 Å². The van der Waals surface area contributed by atoms with E-state index in [1.54, 1.807) is 6.20 Å². The average molecular weight is 275 g/mol. The lowest BCUT2D eigenvalue weighted by atomic mass is 10.1. The zero-order valence-electron chi connectivity index (χ0n) is 11.7. The molecule has 0 radical (unpaired) electrons. The second kappa shape index (κ2) is 6.25. The number of nitrogens with one attached hydrogen (secondary N) is 1. The van der Waals surface area contributed by atoms with Crippen molar-refractivity contribution in [2.75, 3.05) is 13.7 Å². The lowest BCUT2D eigenvalue weighted by molar-refractivity contribution is 0.0587. The number of hydrogen-bond donors (Lipinski definition) is 1. The van der Waals surface area contributed by atoms with Gasteiger partial charge in [-0.2, -0.15) is 0 Å². The molecule has 7 heteroatoms. The monoisotopic (exact) mass is 275 g/mol. The fraction of sp³-hybridized carbons (Fsp3) is 0.385. The fourth-order valence-corrected chi connectivity index (χ4v) is 1.90. The lowest BCUT2D eigenvalue weighted by Crippen LogP contribution is -2.20. The van der Waals surface area contributed by atoms with E-state index >= 15 is 0 Å². The van der Waals surface area contributed by atoms with Gasteiger partial charge in [-0.05, 0) is 19.5 Å². The third-order valence-electron chi connectivity index (χ3n) is 2.87. The van der Waals surface area contributed by atoms with Crippen LogP contribution in [0.25, 0.3) is 5.82 Å². The van der Waals surface area contributed by atoms with Crippen molar-refractivity contribution in [2.45, 2.75) is 19.9 Å². The van der Waals surface area contributed by atoms with Crippen LogP contribution in [-0.2, 0) is 4.74 Å². The lowest BCUT2D eigenvalue weighted by Gasteiger charge is -2.15. The van der Waals surface area contributed by atoms with E-state index in [-0.39, 0.29) is 11.9 Å². The van der Waals surface area contributed by atoms with Crippen LogP contribution >= 0.6 is 0 Å². The standard InChI is InChI=1S/C13H17N5O2/c1-4-14-9(2)10-6-5-7-15-12(10)18-8-16-11(17-18)13(19)20-3/h5-9,14H,4H2,1-3H3. The van der Waals surface area contributed by atoms with Crippen LogP contribution in [0.3, 0.4) is 0 Å². The second-order valence-electron chi connectivity index (χ2n) is 4.20. The van der Waals surface area contributed by atoms with Crippen LogP contribution in [0.4, 0.5) is 0 Å². The second-order valence-corrected chi connectivity index (χ2v) is 4.20. The predicted molar refractivity (Wildman–Crippen MR) is 72.6 cm³/mol. The van der Waals surface area contributed by atoms with E-state index in [0.29, 0.717) is 5.82 Å². The molecule has 0 aliphatic heterocycles. The average Bonchev–Trinajstić information content (AvgIpc) is 2.96. The maximum absolute atomic E-state index is 11.4. The Balaban J connectivity index is 2.37. The Labute approximate surface area is 117 Å². The van der Waals surface area contributed by atoms with Gasteiger partial charge in [0, 0.05) is 17.8 Å². The largest absolute Gasteiger partial charge is 0.463 e. The first-order chi connectivity index (χ1) is 9.67. The van der Waals surface area contributed by atoms with Crippen LogP contribution in [0, 0.1) is 0 Å². The Morgan fingerprint density at radius 2 is 2.30 bits per heavy atom. The summed E-state index contributed by atoms with van der Waals surface area (Å²) in [5, 5.41) is 7.41. The van der Waals surface area contributed by atoms with Crippen molar-refractivity contribution in [2.24, 2.45) is 0 Å². The highest BCUT2D eigenvalue weighted by Gasteiger charge is 2.16. The summed E-state index contributed by atoms with van der Waals surface area (Å²) in [6.07, 6.45) is 3.13. The Morgan fingerprint density at radius 1 is 1.50 bits per heavy atom. The predicted octanol–water partition coefficient (Wildman–Crippen LogP) is 1.12. The Kier molecular flexibility index (Phi) is 4.41. The number of aromatic nitrogens is 4. The van der Waals surface area contributed by atoms with E-state index in [1.807, 2.05) is 26.0 Å². The zero-order valence-corrected chi connectivity index (χ0v) is 11.7. The molecule has 20 heavy (non-hydrogen) atoms. The molecule has 0 fully saturated rings. The van der Waals surface area contributed by atoms with Crippen LogP contribution in [0.2, 0.25) is 0 Å². The molecule has 0 saturated heterocycles. The molecule has 7 nitrogen and oxygen atoms in total. The van der Waals surface area contributed by atoms with Crippen molar-refractivity contribution in [3.8, 4) is 5.82 Å². The molecular formula is C13H17N5O2. The van der Waals surface area contributed by atoms with Gasteiger partial charge in [0.25, 0.3) is 5.82 Å². The molecule has 0 aliphatic carbocycles. The molecule has 2 aromatic heterocycles. The minimum absolute atomic E-state index is 0.0141. The molecule has 2 rings (SSSR count). The number of pyridine rings is 1. The van der Waals surface area contributed by atoms with Gasteiger partial charge in [0.1, 0.15) is 6.33 Å². The molecule has 1 atom stereocenters. The molecule has 0 aromatic carbocycles. The van der Waals surface area contributed by atoms with Crippen LogP contribution in [0.5, 0.6) is 0 Å². The number of carbonyl (C=O) groups is 1. The van der Waals surface area contributed by atoms with Gasteiger partial charge in [0.2, 0.25) is 0 Å². The van der Waals surface area contributed by atoms with Crippen LogP contribution in [0.1, 0.15) is 36.1 Å². The molecule has 1 N–H and O–H groups in total. The fourth-order valence-electron chi connectivity index (χ4n) is 1.90. The highest BCUT2D eigenvalue weighted by Crippen LogP contribution is 2.18. The van der Waals surface area contributed by atoms with E-state index in [0.717, 1.165) is 12.1 Å². The van der Waals surface area contributed by atoms with Crippen LogP contribution < -0.4 is 5.32 Å². The summed E-state index contributed by atoms with van der Waals surface area (Å²) in [6, 6.07) is 3.95. The van der Waals surface area contributed by atoms with Gasteiger partial charge in [0.15, 0.2) is 5.82 Å². The topological polar surface area (TPSA) is 81.9 Å². The molecule has 0 aliphatic rings. The Bertz CT molecular complexity index is 596. The van der Waals surface area contributed by atoms with E-state index in [1.165, 1.54) is 18.1 Å². The van der Waals surface area contributed by atoms with Crippen molar-refractivity contribution in [3.63, 3.8) is 0 Å². The highest BCUT2D eigenvalue weighted by molar-refractivity contribution is 5.84. The molecule has 2 aromatic rings. The van der Waals surface area contributed by atoms with E-state index < -0.39 is 5.97 Å². The first kappa shape index (κ1) is 14.1. The van der Waals surface area contributed by atoms with Gasteiger partial charge in [0.05, 0.1) is 7.11 Å². The van der Waals surface area contributed by atoms with Crippen molar-refractivity contribution in [3.05, 3.63) is 36.0 Å². The number of nitrogens with zero attached hydrogens (tertiary/aromatic N) is 4. The number of methoxy groups -OCH3 is 1. The van der Waals surface area contributed by atoms with Gasteiger partial charge >= 0.3 is 5.97 Å². The first-order valence-corrected chi connectivity index (χ1v) is 6.36. The summed E-state index contributed by atoms with van der Waals surface area (Å²) in [4.78, 5) is 19.6. The number of hydrogen-bond acceptors (Lipinski definition) is 6. The highest BCUT2D eigenvalue weighted by atomic mass is 16.5. The van der Waals surface area contributed by atoms with Gasteiger partial charge in [-0.3, -0.25) is 0 Å². The molecule has 0 spiro atoms. The number of rotatable bonds is 5. The molecule has 106 valence electrons. The van der Waals surface area contributed by atoms with Crippen molar-refractivity contribution < 1.29 is 9.53 Å². The Morgan fingerprint density at radius 3 is 3.00 bits per heavy atom. The zero-order chi connectivity index (χ0) is 14.5. The molecule has 1 unspecified atom stereocenters. The summed E-state index contributed by atoms with van der Waals surface area (Å²) in [5.74, 6) is 0.0878. The number of esters is 1. The van der Waals surface area contributed by atoms with Crippen LogP contribution in [0.15, 0.2) is 24.7 Å². The Hall–Kier alpha value is -2.28. The van der Waals surface area contributed by atoms with E-state index in [9.17, 15) is 4.79 Å². The molecule has 2 heterocycles. The number of carbonyl (C=O) groups excluding carboxylic acids is 1. The van der Waals surface area contributed by atoms with Gasteiger partial charge in [-0.15, -0.1) is 5.10 Å². The maximum Gasteiger partial charge on any atom is 0.377 e. The summed E-state index contributed by atoms with van der Waals surface area (Å²) >= 11 is 0. The SMILES string of the molecule is CCNC(C)c1cccnc1-n1cnc(C(=O)OC)n1. The molecule has 0 bridgehead atoms. The third-order valence-corrected chi connectivity index (χ3v) is 2.87. The van der Waals surface area contributed by atoms with E-state index in [4.69, 9.17) is 0 Å².